The fourth-order valence-electron chi connectivity index (χ4n) is 1.98. The maximum atomic E-state index is 12.8. The molecule has 2 rings (SSSR count). The lowest BCUT2D eigenvalue weighted by Crippen LogP contribution is -2.36. The van der Waals surface area contributed by atoms with E-state index >= 15 is 0 Å². The second-order valence-electron chi connectivity index (χ2n) is 5.21. The lowest BCUT2D eigenvalue weighted by atomic mass is 10.1. The van der Waals surface area contributed by atoms with Crippen LogP contribution in [0.25, 0.3) is 0 Å². The van der Waals surface area contributed by atoms with Crippen molar-refractivity contribution in [2.24, 2.45) is 5.73 Å². The number of primary amides is 1. The molecule has 6 nitrogen and oxygen atoms in total. The molecular weight excluding hydrogens is 313 g/mol. The summed E-state index contributed by atoms with van der Waals surface area (Å²) in [4.78, 5) is 23.0. The van der Waals surface area contributed by atoms with E-state index in [4.69, 9.17) is 10.5 Å². The Labute approximate surface area is 138 Å². The van der Waals surface area contributed by atoms with Gasteiger partial charge in [0.25, 0.3) is 5.91 Å². The predicted octanol–water partition coefficient (Wildman–Crippen LogP) is 2.51. The van der Waals surface area contributed by atoms with Crippen LogP contribution in [0.4, 0.5) is 14.9 Å². The minimum atomic E-state index is -0.700. The molecule has 126 valence electrons. The quantitative estimate of drug-likeness (QED) is 0.759. The standard InChI is InChI=1S/C17H18FN3O3/c1-11(10-24-15-7-5-13(18)6-8-15)20-16(22)12-3-2-4-14(9-12)21-17(19)23/h2-9,11H,10H2,1H3,(H,20,22)(H3,19,21,23). The Morgan fingerprint density at radius 3 is 2.58 bits per heavy atom. The highest BCUT2D eigenvalue weighted by Gasteiger charge is 2.11. The Hall–Kier alpha value is -3.09. The second-order valence-corrected chi connectivity index (χ2v) is 5.21. The molecule has 1 atom stereocenters. The number of benzene rings is 2. The molecule has 0 aliphatic rings. The number of hydrogen-bond donors (Lipinski definition) is 3. The fourth-order valence-corrected chi connectivity index (χ4v) is 1.98. The number of nitrogens with two attached hydrogens (primary N) is 1. The molecule has 0 saturated heterocycles. The zero-order chi connectivity index (χ0) is 17.5. The summed E-state index contributed by atoms with van der Waals surface area (Å²) < 4.78 is 18.3. The first-order valence-electron chi connectivity index (χ1n) is 7.30. The van der Waals surface area contributed by atoms with Crippen molar-refractivity contribution in [3.63, 3.8) is 0 Å². The topological polar surface area (TPSA) is 93.4 Å². The van der Waals surface area contributed by atoms with Crippen LogP contribution < -0.4 is 21.1 Å². The summed E-state index contributed by atoms with van der Waals surface area (Å²) >= 11 is 0. The molecule has 0 fully saturated rings. The van der Waals surface area contributed by atoms with Gasteiger partial charge < -0.3 is 21.1 Å². The zero-order valence-corrected chi connectivity index (χ0v) is 13.1. The number of carbonyl (C=O) groups excluding carboxylic acids is 2. The fraction of sp³-hybridized carbons (Fsp3) is 0.176. The molecule has 7 heteroatoms. The molecule has 0 spiro atoms. The first-order chi connectivity index (χ1) is 11.4. The average Bonchev–Trinajstić information content (AvgIpc) is 2.54. The molecule has 0 radical (unpaired) electrons. The van der Waals surface area contributed by atoms with Gasteiger partial charge in [0.05, 0.1) is 6.04 Å². The van der Waals surface area contributed by atoms with Gasteiger partial charge in [0, 0.05) is 11.3 Å². The van der Waals surface area contributed by atoms with Crippen LogP contribution >= 0.6 is 0 Å². The Morgan fingerprint density at radius 1 is 1.21 bits per heavy atom. The third-order valence-electron chi connectivity index (χ3n) is 3.08. The highest BCUT2D eigenvalue weighted by atomic mass is 19.1. The summed E-state index contributed by atoms with van der Waals surface area (Å²) in [6.45, 7) is 2.02. The van der Waals surface area contributed by atoms with Gasteiger partial charge in [-0.1, -0.05) is 6.07 Å². The van der Waals surface area contributed by atoms with Gasteiger partial charge in [-0.2, -0.15) is 0 Å². The van der Waals surface area contributed by atoms with Crippen molar-refractivity contribution in [1.82, 2.24) is 5.32 Å². The van der Waals surface area contributed by atoms with E-state index in [0.717, 1.165) is 0 Å². The largest absolute Gasteiger partial charge is 0.491 e. The van der Waals surface area contributed by atoms with Crippen molar-refractivity contribution < 1.29 is 18.7 Å². The Morgan fingerprint density at radius 2 is 1.92 bits per heavy atom. The van der Waals surface area contributed by atoms with Crippen molar-refractivity contribution in [3.05, 3.63) is 59.9 Å². The smallest absolute Gasteiger partial charge is 0.316 e. The Balaban J connectivity index is 1.89. The maximum absolute atomic E-state index is 12.8. The van der Waals surface area contributed by atoms with Crippen molar-refractivity contribution in [2.75, 3.05) is 11.9 Å². The predicted molar refractivity (Wildman–Crippen MR) is 88.5 cm³/mol. The van der Waals surface area contributed by atoms with Crippen LogP contribution in [0.2, 0.25) is 0 Å². The number of ether oxygens (including phenoxy) is 1. The Kier molecular flexibility index (Phi) is 5.73. The molecule has 1 unspecified atom stereocenters. The van der Waals surface area contributed by atoms with Gasteiger partial charge >= 0.3 is 6.03 Å². The van der Waals surface area contributed by atoms with E-state index in [1.807, 2.05) is 0 Å². The van der Waals surface area contributed by atoms with E-state index in [1.54, 1.807) is 25.1 Å². The summed E-state index contributed by atoms with van der Waals surface area (Å²) in [6, 6.07) is 11.1. The van der Waals surface area contributed by atoms with Crippen molar-refractivity contribution in [2.45, 2.75) is 13.0 Å². The third-order valence-corrected chi connectivity index (χ3v) is 3.08. The molecule has 0 aromatic heterocycles. The number of halogens is 1. The van der Waals surface area contributed by atoms with E-state index < -0.39 is 6.03 Å². The second kappa shape index (κ2) is 7.96. The van der Waals surface area contributed by atoms with E-state index in [-0.39, 0.29) is 24.4 Å². The minimum absolute atomic E-state index is 0.233. The summed E-state index contributed by atoms with van der Waals surface area (Å²) in [7, 11) is 0. The van der Waals surface area contributed by atoms with Crippen molar-refractivity contribution in [3.8, 4) is 5.75 Å². The van der Waals surface area contributed by atoms with Gasteiger partial charge in [-0.3, -0.25) is 4.79 Å². The number of amides is 3. The molecule has 0 aliphatic carbocycles. The Bertz CT molecular complexity index is 719. The molecule has 2 aromatic rings. The molecule has 0 aliphatic heterocycles. The molecule has 2 aromatic carbocycles. The van der Waals surface area contributed by atoms with Gasteiger partial charge in [-0.25, -0.2) is 9.18 Å². The van der Waals surface area contributed by atoms with E-state index in [9.17, 15) is 14.0 Å². The lowest BCUT2D eigenvalue weighted by molar-refractivity contribution is 0.0926. The zero-order valence-electron chi connectivity index (χ0n) is 13.1. The van der Waals surface area contributed by atoms with Crippen LogP contribution in [0.3, 0.4) is 0 Å². The van der Waals surface area contributed by atoms with Crippen molar-refractivity contribution in [1.29, 1.82) is 0 Å². The first kappa shape index (κ1) is 17.3. The van der Waals surface area contributed by atoms with Gasteiger partial charge in [0.2, 0.25) is 0 Å². The van der Waals surface area contributed by atoms with Crippen molar-refractivity contribution >= 4 is 17.6 Å². The molecule has 0 bridgehead atoms. The van der Waals surface area contributed by atoms with Gasteiger partial charge in [-0.15, -0.1) is 0 Å². The number of hydrogen-bond acceptors (Lipinski definition) is 3. The highest BCUT2D eigenvalue weighted by molar-refractivity contribution is 5.96. The molecule has 0 saturated carbocycles. The molecule has 4 N–H and O–H groups in total. The van der Waals surface area contributed by atoms with E-state index in [2.05, 4.69) is 10.6 Å². The number of rotatable bonds is 6. The third kappa shape index (κ3) is 5.28. The lowest BCUT2D eigenvalue weighted by Gasteiger charge is -2.15. The van der Waals surface area contributed by atoms with Gasteiger partial charge in [0.1, 0.15) is 18.2 Å². The number of urea groups is 1. The molecule has 24 heavy (non-hydrogen) atoms. The summed E-state index contributed by atoms with van der Waals surface area (Å²) in [5.74, 6) is -0.128. The van der Waals surface area contributed by atoms with E-state index in [0.29, 0.717) is 17.0 Å². The normalized spacial score (nSPS) is 11.4. The van der Waals surface area contributed by atoms with Gasteiger partial charge in [-0.05, 0) is 49.4 Å². The van der Waals surface area contributed by atoms with Crippen LogP contribution in [-0.2, 0) is 0 Å². The molecular formula is C17H18FN3O3. The minimum Gasteiger partial charge on any atom is -0.491 e. The van der Waals surface area contributed by atoms with Gasteiger partial charge in [0.15, 0.2) is 0 Å². The van der Waals surface area contributed by atoms with Crippen LogP contribution in [0.15, 0.2) is 48.5 Å². The molecule has 3 amide bonds. The number of nitrogens with one attached hydrogen (secondary N) is 2. The van der Waals surface area contributed by atoms with Crippen LogP contribution in [-0.4, -0.2) is 24.6 Å². The number of carbonyl (C=O) groups is 2. The van der Waals surface area contributed by atoms with Crippen LogP contribution in [0.1, 0.15) is 17.3 Å². The SMILES string of the molecule is CC(COc1ccc(F)cc1)NC(=O)c1cccc(NC(N)=O)c1. The van der Waals surface area contributed by atoms with Crippen LogP contribution in [0, 0.1) is 5.82 Å². The molecule has 0 heterocycles. The monoisotopic (exact) mass is 331 g/mol. The maximum Gasteiger partial charge on any atom is 0.316 e. The first-order valence-corrected chi connectivity index (χ1v) is 7.30. The summed E-state index contributed by atoms with van der Waals surface area (Å²) in [5.41, 5.74) is 5.86. The van der Waals surface area contributed by atoms with E-state index in [1.165, 1.54) is 30.3 Å². The highest BCUT2D eigenvalue weighted by Crippen LogP contribution is 2.12. The van der Waals surface area contributed by atoms with Crippen LogP contribution in [0.5, 0.6) is 5.75 Å². The average molecular weight is 331 g/mol. The number of anilines is 1. The summed E-state index contributed by atoms with van der Waals surface area (Å²) in [5, 5.41) is 5.18. The summed E-state index contributed by atoms with van der Waals surface area (Å²) in [6.07, 6.45) is 0.